The fraction of sp³-hybridized carbons (Fsp3) is 0.500. The van der Waals surface area contributed by atoms with Crippen molar-refractivity contribution in [1.82, 2.24) is 4.90 Å². The van der Waals surface area contributed by atoms with Gasteiger partial charge in [-0.3, -0.25) is 4.90 Å². The lowest BCUT2D eigenvalue weighted by Gasteiger charge is -2.40. The molecular formula is C28H35N3O4. The molecule has 0 saturated carbocycles. The summed E-state index contributed by atoms with van der Waals surface area (Å²) in [5, 5.41) is 0. The molecule has 0 aliphatic carbocycles. The van der Waals surface area contributed by atoms with E-state index in [1.54, 1.807) is 4.90 Å². The molecule has 0 aromatic heterocycles. The molecule has 7 nitrogen and oxygen atoms in total. The summed E-state index contributed by atoms with van der Waals surface area (Å²) in [5.74, 6) is 0.431. The number of likely N-dealkylation sites (tertiary alicyclic amines) is 1. The summed E-state index contributed by atoms with van der Waals surface area (Å²) < 4.78 is 11.3. The van der Waals surface area contributed by atoms with Crippen molar-refractivity contribution in [2.45, 2.75) is 58.3 Å². The molecule has 2 unspecified atom stereocenters. The lowest BCUT2D eigenvalue weighted by Crippen LogP contribution is -2.48. The van der Waals surface area contributed by atoms with Gasteiger partial charge in [0.2, 0.25) is 0 Å². The van der Waals surface area contributed by atoms with E-state index in [0.29, 0.717) is 12.5 Å². The minimum absolute atomic E-state index is 0.191. The molecule has 2 amide bonds. The van der Waals surface area contributed by atoms with Crippen LogP contribution in [0.1, 0.15) is 44.7 Å². The fourth-order valence-corrected chi connectivity index (χ4v) is 5.65. The maximum Gasteiger partial charge on any atom is 0.414 e. The normalized spacial score (nSPS) is 21.5. The maximum atomic E-state index is 12.9. The summed E-state index contributed by atoms with van der Waals surface area (Å²) in [6.07, 6.45) is 2.25. The average molecular weight is 478 g/mol. The van der Waals surface area contributed by atoms with E-state index in [1.165, 1.54) is 11.3 Å². The van der Waals surface area contributed by atoms with Crippen LogP contribution in [0.3, 0.4) is 0 Å². The minimum atomic E-state index is -0.478. The number of benzene rings is 2. The van der Waals surface area contributed by atoms with E-state index in [4.69, 9.17) is 9.47 Å². The molecular weight excluding hydrogens is 442 g/mol. The number of piperidine rings is 1. The van der Waals surface area contributed by atoms with Crippen LogP contribution in [0, 0.1) is 5.92 Å². The predicted molar refractivity (Wildman–Crippen MR) is 136 cm³/mol. The van der Waals surface area contributed by atoms with Crippen molar-refractivity contribution < 1.29 is 19.1 Å². The SMILES string of the molecule is CC(C)(C)OC(=O)N1CCC2CN(c3cccc4c3CCN4C(=O)OCc3ccccc3)CCC21. The van der Waals surface area contributed by atoms with Crippen LogP contribution in [0.5, 0.6) is 0 Å². The molecule has 186 valence electrons. The second kappa shape index (κ2) is 9.44. The van der Waals surface area contributed by atoms with Crippen molar-refractivity contribution in [3.63, 3.8) is 0 Å². The summed E-state index contributed by atoms with van der Waals surface area (Å²) in [7, 11) is 0. The predicted octanol–water partition coefficient (Wildman–Crippen LogP) is 5.22. The van der Waals surface area contributed by atoms with Crippen LogP contribution in [-0.2, 0) is 22.5 Å². The highest BCUT2D eigenvalue weighted by atomic mass is 16.6. The molecule has 2 fully saturated rings. The Hall–Kier alpha value is -3.22. The third-order valence-corrected chi connectivity index (χ3v) is 7.23. The molecule has 2 atom stereocenters. The van der Waals surface area contributed by atoms with Gasteiger partial charge in [0.25, 0.3) is 0 Å². The minimum Gasteiger partial charge on any atom is -0.444 e. The standard InChI is InChI=1S/C28H35N3O4/c1-28(2,3)35-27(33)30-16-12-21-18-29(15-14-23(21)30)24-10-7-11-25-22(24)13-17-31(25)26(32)34-19-20-8-5-4-6-9-20/h4-11,21,23H,12-19H2,1-3H3. The zero-order valence-corrected chi connectivity index (χ0v) is 20.9. The van der Waals surface area contributed by atoms with Gasteiger partial charge in [-0.05, 0) is 63.6 Å². The molecule has 5 rings (SSSR count). The third-order valence-electron chi connectivity index (χ3n) is 7.23. The molecule has 2 saturated heterocycles. The van der Waals surface area contributed by atoms with E-state index in [0.717, 1.165) is 50.1 Å². The largest absolute Gasteiger partial charge is 0.444 e. The molecule has 0 bridgehead atoms. The van der Waals surface area contributed by atoms with Gasteiger partial charge in [-0.25, -0.2) is 9.59 Å². The van der Waals surface area contributed by atoms with E-state index >= 15 is 0 Å². The number of fused-ring (bicyclic) bond motifs is 2. The number of amides is 2. The number of carbonyl (C=O) groups excluding carboxylic acids is 2. The lowest BCUT2D eigenvalue weighted by atomic mass is 9.92. The van der Waals surface area contributed by atoms with Gasteiger partial charge in [0, 0.05) is 43.5 Å². The van der Waals surface area contributed by atoms with E-state index < -0.39 is 5.60 Å². The zero-order chi connectivity index (χ0) is 24.6. The van der Waals surface area contributed by atoms with Crippen LogP contribution in [0.4, 0.5) is 21.0 Å². The topological polar surface area (TPSA) is 62.3 Å². The van der Waals surface area contributed by atoms with Crippen LogP contribution >= 0.6 is 0 Å². The van der Waals surface area contributed by atoms with Crippen LogP contribution in [0.2, 0.25) is 0 Å². The van der Waals surface area contributed by atoms with Gasteiger partial charge in [-0.15, -0.1) is 0 Å². The molecule has 3 heterocycles. The summed E-state index contributed by atoms with van der Waals surface area (Å²) in [6, 6.07) is 16.2. The number of hydrogen-bond acceptors (Lipinski definition) is 5. The van der Waals surface area contributed by atoms with Crippen LogP contribution < -0.4 is 9.80 Å². The Morgan fingerprint density at radius 3 is 2.46 bits per heavy atom. The van der Waals surface area contributed by atoms with Crippen molar-refractivity contribution >= 4 is 23.6 Å². The van der Waals surface area contributed by atoms with Crippen molar-refractivity contribution in [3.05, 3.63) is 59.7 Å². The molecule has 35 heavy (non-hydrogen) atoms. The van der Waals surface area contributed by atoms with E-state index in [1.807, 2.05) is 68.1 Å². The Bertz CT molecular complexity index is 1080. The highest BCUT2D eigenvalue weighted by Crippen LogP contribution is 2.40. The number of carbonyl (C=O) groups is 2. The number of nitrogens with zero attached hydrogens (tertiary/aromatic N) is 3. The number of anilines is 2. The number of hydrogen-bond donors (Lipinski definition) is 0. The van der Waals surface area contributed by atoms with E-state index in [2.05, 4.69) is 11.0 Å². The van der Waals surface area contributed by atoms with Gasteiger partial charge in [0.1, 0.15) is 12.2 Å². The first-order chi connectivity index (χ1) is 16.8. The molecule has 2 aromatic carbocycles. The molecule has 2 aromatic rings. The highest BCUT2D eigenvalue weighted by molar-refractivity contribution is 5.92. The lowest BCUT2D eigenvalue weighted by molar-refractivity contribution is 0.0194. The molecule has 3 aliphatic rings. The second-order valence-corrected chi connectivity index (χ2v) is 10.7. The van der Waals surface area contributed by atoms with Crippen molar-refractivity contribution in [2.75, 3.05) is 36.0 Å². The monoisotopic (exact) mass is 477 g/mol. The molecule has 0 spiro atoms. The Kier molecular flexibility index (Phi) is 6.34. The van der Waals surface area contributed by atoms with Gasteiger partial charge in [-0.1, -0.05) is 36.4 Å². The quantitative estimate of drug-likeness (QED) is 0.606. The van der Waals surface area contributed by atoms with Crippen LogP contribution in [0.15, 0.2) is 48.5 Å². The highest BCUT2D eigenvalue weighted by Gasteiger charge is 2.42. The van der Waals surface area contributed by atoms with E-state index in [9.17, 15) is 9.59 Å². The van der Waals surface area contributed by atoms with E-state index in [-0.39, 0.29) is 24.8 Å². The molecule has 0 N–H and O–H groups in total. The fourth-order valence-electron chi connectivity index (χ4n) is 5.65. The van der Waals surface area contributed by atoms with Gasteiger partial charge >= 0.3 is 12.2 Å². The maximum absolute atomic E-state index is 12.9. The van der Waals surface area contributed by atoms with Crippen LogP contribution in [0.25, 0.3) is 0 Å². The molecule has 3 aliphatic heterocycles. The Labute approximate surface area is 207 Å². The first-order valence-corrected chi connectivity index (χ1v) is 12.6. The zero-order valence-electron chi connectivity index (χ0n) is 20.9. The average Bonchev–Trinajstić information content (AvgIpc) is 3.46. The van der Waals surface area contributed by atoms with Gasteiger partial charge in [0.15, 0.2) is 0 Å². The van der Waals surface area contributed by atoms with Crippen molar-refractivity contribution in [2.24, 2.45) is 5.92 Å². The summed E-state index contributed by atoms with van der Waals surface area (Å²) in [6.45, 7) is 9.20. The van der Waals surface area contributed by atoms with Gasteiger partial charge in [0.05, 0.1) is 5.69 Å². The smallest absolute Gasteiger partial charge is 0.414 e. The van der Waals surface area contributed by atoms with Gasteiger partial charge in [-0.2, -0.15) is 0 Å². The Morgan fingerprint density at radius 2 is 1.69 bits per heavy atom. The molecule has 0 radical (unpaired) electrons. The third kappa shape index (κ3) is 4.95. The Balaban J connectivity index is 1.25. The molecule has 7 heteroatoms. The Morgan fingerprint density at radius 1 is 0.914 bits per heavy atom. The summed E-state index contributed by atoms with van der Waals surface area (Å²) >= 11 is 0. The van der Waals surface area contributed by atoms with Crippen molar-refractivity contribution in [1.29, 1.82) is 0 Å². The van der Waals surface area contributed by atoms with Crippen LogP contribution in [-0.4, -0.2) is 54.9 Å². The second-order valence-electron chi connectivity index (χ2n) is 10.7. The van der Waals surface area contributed by atoms with Gasteiger partial charge < -0.3 is 19.3 Å². The first kappa shape index (κ1) is 23.5. The summed E-state index contributed by atoms with van der Waals surface area (Å²) in [5.41, 5.74) is 3.87. The van der Waals surface area contributed by atoms with Crippen molar-refractivity contribution in [3.8, 4) is 0 Å². The first-order valence-electron chi connectivity index (χ1n) is 12.6. The number of ether oxygens (including phenoxy) is 2. The number of rotatable bonds is 3. The summed E-state index contributed by atoms with van der Waals surface area (Å²) in [4.78, 5) is 31.7.